The van der Waals surface area contributed by atoms with Crippen LogP contribution in [0.3, 0.4) is 0 Å². The van der Waals surface area contributed by atoms with Crippen LogP contribution in [0.4, 0.5) is 0 Å². The van der Waals surface area contributed by atoms with Crippen molar-refractivity contribution in [2.75, 3.05) is 0 Å². The predicted molar refractivity (Wildman–Crippen MR) is 28.8 cm³/mol. The van der Waals surface area contributed by atoms with E-state index in [2.05, 4.69) is 16.0 Å². The molecule has 0 saturated carbocycles. The van der Waals surface area contributed by atoms with E-state index >= 15 is 0 Å². The molecule has 0 aromatic heterocycles. The molecule has 3 heteroatoms. The molecule has 0 radical (unpaired) electrons. The third-order valence-electron chi connectivity index (χ3n) is 0.695. The normalized spacial score (nSPS) is 13.4. The Kier molecular flexibility index (Phi) is 3.05. The molecule has 0 aliphatic rings. The van der Waals surface area contributed by atoms with Gasteiger partial charge < -0.3 is 0 Å². The van der Waals surface area contributed by atoms with Crippen LogP contribution in [0.2, 0.25) is 5.32 Å². The van der Waals surface area contributed by atoms with Crippen molar-refractivity contribution in [2.24, 2.45) is 5.92 Å². The summed E-state index contributed by atoms with van der Waals surface area (Å²) in [6.07, 6.45) is 0. The van der Waals surface area contributed by atoms with E-state index in [1.807, 2.05) is 0 Å². The Morgan fingerprint density at radius 1 is 2.00 bits per heavy atom. The summed E-state index contributed by atoms with van der Waals surface area (Å²) in [7, 11) is 0. The van der Waals surface area contributed by atoms with E-state index in [-0.39, 0.29) is 5.92 Å². The van der Waals surface area contributed by atoms with Crippen LogP contribution in [0.25, 0.3) is 0 Å². The van der Waals surface area contributed by atoms with Crippen LogP contribution in [0.5, 0.6) is 0 Å². The van der Waals surface area contributed by atoms with Crippen molar-refractivity contribution in [2.45, 2.75) is 12.2 Å². The first-order chi connectivity index (χ1) is 3.18. The molecule has 0 amide bonds. The predicted octanol–water partition coefficient (Wildman–Crippen LogP) is 0.0262. The maximum atomic E-state index is 9.92. The van der Waals surface area contributed by atoms with E-state index in [0.29, 0.717) is 5.32 Å². The van der Waals surface area contributed by atoms with Gasteiger partial charge in [-0.2, -0.15) is 0 Å². The Hall–Kier alpha value is -0.0105. The van der Waals surface area contributed by atoms with Gasteiger partial charge in [0.1, 0.15) is 0 Å². The number of rotatable bonds is 2. The van der Waals surface area contributed by atoms with Gasteiger partial charge in [-0.05, 0) is 0 Å². The van der Waals surface area contributed by atoms with Crippen molar-refractivity contribution in [1.29, 1.82) is 0 Å². The molecule has 0 bridgehead atoms. The number of hydrogen-bond acceptors (Lipinski definition) is 1. The monoisotopic (exact) mass is 168 g/mol. The minimum atomic E-state index is -0.722. The fraction of sp³-hybridized carbons (Fsp3) is 0.750. The molecule has 1 N–H and O–H groups in total. The molecule has 2 nitrogen and oxygen atoms in total. The molecule has 0 spiro atoms. The number of carboxylic acids is 1. The first kappa shape index (κ1) is 6.99. The molecule has 0 aromatic carbocycles. The van der Waals surface area contributed by atoms with Gasteiger partial charge in [0.05, 0.1) is 0 Å². The van der Waals surface area contributed by atoms with Gasteiger partial charge in [-0.3, -0.25) is 0 Å². The second-order valence-electron chi connectivity index (χ2n) is 1.42. The van der Waals surface area contributed by atoms with Crippen LogP contribution in [0.1, 0.15) is 6.92 Å². The Labute approximate surface area is 50.7 Å². The van der Waals surface area contributed by atoms with E-state index in [0.717, 1.165) is 0 Å². The van der Waals surface area contributed by atoms with Crippen LogP contribution >= 0.6 is 0 Å². The first-order valence-electron chi connectivity index (χ1n) is 2.02. The molecule has 0 aliphatic carbocycles. The van der Waals surface area contributed by atoms with Crippen LogP contribution in [0, 0.1) is 5.92 Å². The van der Waals surface area contributed by atoms with Crippen molar-refractivity contribution < 1.29 is 9.90 Å². The van der Waals surface area contributed by atoms with E-state index in [1.165, 1.54) is 0 Å². The van der Waals surface area contributed by atoms with Crippen LogP contribution in [-0.2, 0) is 4.79 Å². The van der Waals surface area contributed by atoms with Crippen molar-refractivity contribution in [3.05, 3.63) is 0 Å². The molecule has 1 unspecified atom stereocenters. The summed E-state index contributed by atoms with van der Waals surface area (Å²) in [6, 6.07) is 0. The average molecular weight is 167 g/mol. The fourth-order valence-corrected chi connectivity index (χ4v) is 0.406. The molecule has 0 fully saturated rings. The number of hydrogen-bond donors (Lipinski definition) is 1. The molecule has 0 saturated heterocycles. The molecular weight excluding hydrogens is 159 g/mol. The van der Waals surface area contributed by atoms with Gasteiger partial charge in [0.25, 0.3) is 0 Å². The second kappa shape index (κ2) is 3.05. The summed E-state index contributed by atoms with van der Waals surface area (Å²) in [5.41, 5.74) is 0. The average Bonchev–Trinajstić information content (AvgIpc) is 1.65. The second-order valence-corrected chi connectivity index (χ2v) is 2.19. The van der Waals surface area contributed by atoms with Gasteiger partial charge in [-0.15, -0.1) is 0 Å². The summed E-state index contributed by atoms with van der Waals surface area (Å²) in [5, 5.41) is 8.83. The van der Waals surface area contributed by atoms with Crippen molar-refractivity contribution in [1.82, 2.24) is 0 Å². The Morgan fingerprint density at radius 3 is 2.43 bits per heavy atom. The zero-order valence-electron chi connectivity index (χ0n) is 4.09. The van der Waals surface area contributed by atoms with Gasteiger partial charge in [-0.25, -0.2) is 0 Å². The van der Waals surface area contributed by atoms with Gasteiger partial charge in [0.15, 0.2) is 0 Å². The zero-order valence-corrected chi connectivity index (χ0v) is 5.96. The molecule has 0 aliphatic heterocycles. The Balaban J connectivity index is 3.34. The topological polar surface area (TPSA) is 37.3 Å². The van der Waals surface area contributed by atoms with E-state index in [1.54, 1.807) is 6.92 Å². The summed E-state index contributed by atoms with van der Waals surface area (Å²) in [5.74, 6) is -0.930. The standard InChI is InChI=1S/C4H8O2Se/c1-3(2-7)4(5)6/h3,7H,2H2,1H3,(H,5,6). The summed E-state index contributed by atoms with van der Waals surface area (Å²) < 4.78 is 0. The summed E-state index contributed by atoms with van der Waals surface area (Å²) in [4.78, 5) is 9.92. The Bertz CT molecular complexity index is 72.1. The van der Waals surface area contributed by atoms with Gasteiger partial charge >= 0.3 is 50.0 Å². The molecular formula is C4H8O2Se. The van der Waals surface area contributed by atoms with Crippen LogP contribution < -0.4 is 0 Å². The molecule has 7 heavy (non-hydrogen) atoms. The SMILES string of the molecule is CC(C[SeH])C(=O)O. The van der Waals surface area contributed by atoms with Gasteiger partial charge in [0.2, 0.25) is 0 Å². The molecule has 0 rings (SSSR count). The summed E-state index contributed by atoms with van der Waals surface area (Å²) >= 11 is 2.25. The van der Waals surface area contributed by atoms with Crippen molar-refractivity contribution in [3.63, 3.8) is 0 Å². The quantitative estimate of drug-likeness (QED) is 0.589. The third-order valence-corrected chi connectivity index (χ3v) is 1.84. The first-order valence-corrected chi connectivity index (χ1v) is 3.35. The number of carboxylic acid groups (broad SMARTS) is 1. The van der Waals surface area contributed by atoms with E-state index in [4.69, 9.17) is 5.11 Å². The molecule has 1 atom stereocenters. The maximum absolute atomic E-state index is 9.92. The molecule has 0 heterocycles. The minimum absolute atomic E-state index is 0.208. The molecule has 42 valence electrons. The number of carbonyl (C=O) groups is 1. The Morgan fingerprint density at radius 2 is 2.43 bits per heavy atom. The van der Waals surface area contributed by atoms with Crippen molar-refractivity contribution in [3.8, 4) is 0 Å². The van der Waals surface area contributed by atoms with E-state index < -0.39 is 5.97 Å². The van der Waals surface area contributed by atoms with Gasteiger partial charge in [0, 0.05) is 0 Å². The molecule has 0 aromatic rings. The zero-order chi connectivity index (χ0) is 5.86. The van der Waals surface area contributed by atoms with Crippen LogP contribution in [0.15, 0.2) is 0 Å². The van der Waals surface area contributed by atoms with E-state index in [9.17, 15) is 4.79 Å². The third kappa shape index (κ3) is 2.66. The van der Waals surface area contributed by atoms with Crippen molar-refractivity contribution >= 4 is 22.0 Å². The van der Waals surface area contributed by atoms with Gasteiger partial charge in [-0.1, -0.05) is 0 Å². The summed E-state index contributed by atoms with van der Waals surface area (Å²) in [6.45, 7) is 1.68. The fourth-order valence-electron chi connectivity index (χ4n) is 0.0781. The van der Waals surface area contributed by atoms with Crippen LogP contribution in [-0.4, -0.2) is 27.1 Å². The number of aliphatic carboxylic acids is 1.